The van der Waals surface area contributed by atoms with Crippen molar-refractivity contribution in [2.24, 2.45) is 5.92 Å². The molecule has 8 nitrogen and oxygen atoms in total. The Labute approximate surface area is 161 Å². The van der Waals surface area contributed by atoms with Crippen LogP contribution in [0.25, 0.3) is 0 Å². The third kappa shape index (κ3) is 7.30. The molecule has 0 bridgehead atoms. The lowest BCUT2D eigenvalue weighted by Crippen LogP contribution is -2.47. The van der Waals surface area contributed by atoms with Gasteiger partial charge in [-0.3, -0.25) is 14.5 Å². The minimum absolute atomic E-state index is 0.0264. The lowest BCUT2D eigenvalue weighted by Gasteiger charge is -2.31. The fourth-order valence-corrected chi connectivity index (χ4v) is 3.20. The number of anilines is 1. The van der Waals surface area contributed by atoms with E-state index in [4.69, 9.17) is 9.26 Å². The van der Waals surface area contributed by atoms with Crippen molar-refractivity contribution in [3.8, 4) is 0 Å². The standard InChI is InChI=1S/C19H32N4O4/c1-3-5-6-16(4-2)19(25)23(9-8-22-10-13-26-14-11-22)15-18(24)20-17-7-12-27-21-17/h7,12,16H,3-6,8-11,13-15H2,1-2H3,(H,20,21,24). The minimum Gasteiger partial charge on any atom is -0.379 e. The molecule has 1 unspecified atom stereocenters. The lowest BCUT2D eigenvalue weighted by atomic mass is 9.97. The maximum Gasteiger partial charge on any atom is 0.245 e. The number of amides is 2. The molecule has 27 heavy (non-hydrogen) atoms. The van der Waals surface area contributed by atoms with Crippen LogP contribution in [0.4, 0.5) is 5.82 Å². The maximum absolute atomic E-state index is 13.1. The van der Waals surface area contributed by atoms with Crippen LogP contribution in [0.15, 0.2) is 16.9 Å². The monoisotopic (exact) mass is 380 g/mol. The van der Waals surface area contributed by atoms with Gasteiger partial charge in [0.2, 0.25) is 11.8 Å². The third-order valence-corrected chi connectivity index (χ3v) is 4.89. The molecular weight excluding hydrogens is 348 g/mol. The molecule has 0 aliphatic carbocycles. The summed E-state index contributed by atoms with van der Waals surface area (Å²) in [6, 6.07) is 1.58. The molecule has 0 spiro atoms. The van der Waals surface area contributed by atoms with Crippen molar-refractivity contribution in [1.82, 2.24) is 15.0 Å². The number of carbonyl (C=O) groups is 2. The van der Waals surface area contributed by atoms with E-state index in [0.29, 0.717) is 25.6 Å². The SMILES string of the molecule is CCCCC(CC)C(=O)N(CCN1CCOCC1)CC(=O)Nc1ccon1. The average molecular weight is 380 g/mol. The molecule has 1 aliphatic heterocycles. The van der Waals surface area contributed by atoms with E-state index in [2.05, 4.69) is 22.3 Å². The first-order valence-corrected chi connectivity index (χ1v) is 9.93. The summed E-state index contributed by atoms with van der Waals surface area (Å²) in [5.41, 5.74) is 0. The van der Waals surface area contributed by atoms with E-state index in [0.717, 1.165) is 45.3 Å². The van der Waals surface area contributed by atoms with Gasteiger partial charge in [-0.2, -0.15) is 0 Å². The van der Waals surface area contributed by atoms with E-state index in [-0.39, 0.29) is 24.3 Å². The fraction of sp³-hybridized carbons (Fsp3) is 0.737. The quantitative estimate of drug-likeness (QED) is 0.632. The molecule has 1 fully saturated rings. The minimum atomic E-state index is -0.260. The molecule has 1 atom stereocenters. The molecular formula is C19H32N4O4. The number of rotatable bonds is 11. The molecule has 8 heteroatoms. The van der Waals surface area contributed by atoms with Gasteiger partial charge in [-0.1, -0.05) is 31.8 Å². The molecule has 152 valence electrons. The van der Waals surface area contributed by atoms with E-state index in [1.165, 1.54) is 6.26 Å². The molecule has 2 heterocycles. The Morgan fingerprint density at radius 2 is 2.11 bits per heavy atom. The molecule has 1 N–H and O–H groups in total. The predicted octanol–water partition coefficient (Wildman–Crippen LogP) is 1.99. The van der Waals surface area contributed by atoms with E-state index >= 15 is 0 Å². The fourth-order valence-electron chi connectivity index (χ4n) is 3.20. The van der Waals surface area contributed by atoms with Gasteiger partial charge in [0.15, 0.2) is 5.82 Å². The highest BCUT2D eigenvalue weighted by Crippen LogP contribution is 2.16. The van der Waals surface area contributed by atoms with Crippen molar-refractivity contribution in [1.29, 1.82) is 0 Å². The molecule has 0 saturated carbocycles. The second-order valence-corrected chi connectivity index (χ2v) is 6.89. The molecule has 1 aliphatic rings. The van der Waals surface area contributed by atoms with Crippen molar-refractivity contribution in [2.75, 3.05) is 51.3 Å². The van der Waals surface area contributed by atoms with Gasteiger partial charge in [-0.15, -0.1) is 0 Å². The number of nitrogens with zero attached hydrogens (tertiary/aromatic N) is 3. The highest BCUT2D eigenvalue weighted by molar-refractivity contribution is 5.94. The van der Waals surface area contributed by atoms with Crippen molar-refractivity contribution < 1.29 is 18.8 Å². The van der Waals surface area contributed by atoms with Gasteiger partial charge in [0, 0.05) is 38.2 Å². The molecule has 1 aromatic rings. The van der Waals surface area contributed by atoms with Crippen LogP contribution >= 0.6 is 0 Å². The molecule has 2 amide bonds. The second-order valence-electron chi connectivity index (χ2n) is 6.89. The van der Waals surface area contributed by atoms with E-state index in [1.54, 1.807) is 11.0 Å². The molecule has 0 aromatic carbocycles. The first-order valence-electron chi connectivity index (χ1n) is 9.93. The topological polar surface area (TPSA) is 87.9 Å². The Kier molecular flexibility index (Phi) is 9.27. The summed E-state index contributed by atoms with van der Waals surface area (Å²) >= 11 is 0. The van der Waals surface area contributed by atoms with Crippen molar-refractivity contribution in [3.63, 3.8) is 0 Å². The van der Waals surface area contributed by atoms with Gasteiger partial charge >= 0.3 is 0 Å². The number of ether oxygens (including phenoxy) is 1. The van der Waals surface area contributed by atoms with Gasteiger partial charge in [-0.25, -0.2) is 0 Å². The Bertz CT molecular complexity index is 558. The third-order valence-electron chi connectivity index (χ3n) is 4.89. The zero-order valence-corrected chi connectivity index (χ0v) is 16.5. The van der Waals surface area contributed by atoms with Gasteiger partial charge < -0.3 is 19.5 Å². The van der Waals surface area contributed by atoms with Gasteiger partial charge in [0.25, 0.3) is 0 Å². The molecule has 0 radical (unpaired) electrons. The van der Waals surface area contributed by atoms with Crippen LogP contribution in [0.5, 0.6) is 0 Å². The molecule has 2 rings (SSSR count). The van der Waals surface area contributed by atoms with Crippen LogP contribution in [-0.2, 0) is 14.3 Å². The highest BCUT2D eigenvalue weighted by Gasteiger charge is 2.25. The number of nitrogens with one attached hydrogen (secondary N) is 1. The normalized spacial score (nSPS) is 16.1. The van der Waals surface area contributed by atoms with Crippen molar-refractivity contribution in [2.45, 2.75) is 39.5 Å². The summed E-state index contributed by atoms with van der Waals surface area (Å²) in [4.78, 5) is 29.4. The van der Waals surface area contributed by atoms with Crippen LogP contribution in [0.1, 0.15) is 39.5 Å². The van der Waals surface area contributed by atoms with Crippen LogP contribution in [-0.4, -0.2) is 72.7 Å². The Balaban J connectivity index is 1.96. The summed E-state index contributed by atoms with van der Waals surface area (Å²) in [5.74, 6) is 0.132. The summed E-state index contributed by atoms with van der Waals surface area (Å²) < 4.78 is 10.1. The Morgan fingerprint density at radius 3 is 2.74 bits per heavy atom. The Hall–Kier alpha value is -1.93. The average Bonchev–Trinajstić information content (AvgIpc) is 3.19. The van der Waals surface area contributed by atoms with Crippen LogP contribution < -0.4 is 5.32 Å². The zero-order chi connectivity index (χ0) is 19.5. The molecule has 1 saturated heterocycles. The number of hydrogen-bond acceptors (Lipinski definition) is 6. The van der Waals surface area contributed by atoms with Crippen LogP contribution in [0.2, 0.25) is 0 Å². The summed E-state index contributed by atoms with van der Waals surface area (Å²) in [7, 11) is 0. The summed E-state index contributed by atoms with van der Waals surface area (Å²) in [6.45, 7) is 8.62. The number of hydrogen-bond donors (Lipinski definition) is 1. The van der Waals surface area contributed by atoms with E-state index in [1.807, 2.05) is 6.92 Å². The van der Waals surface area contributed by atoms with Gasteiger partial charge in [0.1, 0.15) is 6.26 Å². The second kappa shape index (κ2) is 11.7. The number of carbonyl (C=O) groups excluding carboxylic acids is 2. The largest absolute Gasteiger partial charge is 0.379 e. The van der Waals surface area contributed by atoms with Crippen LogP contribution in [0, 0.1) is 5.92 Å². The highest BCUT2D eigenvalue weighted by atomic mass is 16.5. The van der Waals surface area contributed by atoms with Crippen LogP contribution in [0.3, 0.4) is 0 Å². The van der Waals surface area contributed by atoms with E-state index < -0.39 is 0 Å². The smallest absolute Gasteiger partial charge is 0.245 e. The van der Waals surface area contributed by atoms with E-state index in [9.17, 15) is 9.59 Å². The summed E-state index contributed by atoms with van der Waals surface area (Å²) in [5, 5.41) is 6.36. The molecule has 1 aromatic heterocycles. The maximum atomic E-state index is 13.1. The predicted molar refractivity (Wildman–Crippen MR) is 102 cm³/mol. The first-order chi connectivity index (χ1) is 13.1. The lowest BCUT2D eigenvalue weighted by molar-refractivity contribution is -0.139. The van der Waals surface area contributed by atoms with Crippen molar-refractivity contribution in [3.05, 3.63) is 12.3 Å². The van der Waals surface area contributed by atoms with Crippen molar-refractivity contribution >= 4 is 17.6 Å². The zero-order valence-electron chi connectivity index (χ0n) is 16.5. The number of aromatic nitrogens is 1. The first kappa shape index (κ1) is 21.4. The number of unbranched alkanes of at least 4 members (excludes halogenated alkanes) is 1. The Morgan fingerprint density at radius 1 is 1.33 bits per heavy atom. The number of morpholine rings is 1. The van der Waals surface area contributed by atoms with Gasteiger partial charge in [-0.05, 0) is 12.8 Å². The summed E-state index contributed by atoms with van der Waals surface area (Å²) in [6.07, 6.45) is 5.13. The van der Waals surface area contributed by atoms with Gasteiger partial charge in [0.05, 0.1) is 19.8 Å².